The highest BCUT2D eigenvalue weighted by Crippen LogP contribution is 2.26. The van der Waals surface area contributed by atoms with Gasteiger partial charge >= 0.3 is 0 Å². The number of anilines is 2. The van der Waals surface area contributed by atoms with Crippen molar-refractivity contribution in [3.05, 3.63) is 59.7 Å². The Bertz CT molecular complexity index is 527. The summed E-state index contributed by atoms with van der Waals surface area (Å²) in [7, 11) is 0. The van der Waals surface area contributed by atoms with Crippen molar-refractivity contribution in [2.45, 2.75) is 26.7 Å². The molecule has 0 spiro atoms. The van der Waals surface area contributed by atoms with Crippen LogP contribution in [-0.4, -0.2) is 10.3 Å². The second-order valence-electron chi connectivity index (χ2n) is 4.66. The Morgan fingerprint density at radius 2 is 1.20 bits per heavy atom. The van der Waals surface area contributed by atoms with Gasteiger partial charge in [-0.25, -0.2) is 0 Å². The molecule has 1 N–H and O–H groups in total. The zero-order valence-electron chi connectivity index (χ0n) is 11.8. The zero-order chi connectivity index (χ0) is 14.5. The molecular formula is C17H19NOS. The van der Waals surface area contributed by atoms with Crippen LogP contribution in [0.3, 0.4) is 0 Å². The smallest absolute Gasteiger partial charge is 0.266 e. The van der Waals surface area contributed by atoms with Crippen molar-refractivity contribution >= 4 is 28.8 Å². The third-order valence-electron chi connectivity index (χ3n) is 3.40. The first-order valence-electron chi connectivity index (χ1n) is 6.86. The van der Waals surface area contributed by atoms with Crippen molar-refractivity contribution in [1.82, 2.24) is 0 Å². The molecule has 3 heteroatoms. The minimum atomic E-state index is -0.140. The predicted octanol–water partition coefficient (Wildman–Crippen LogP) is 4.79. The van der Waals surface area contributed by atoms with Crippen LogP contribution in [0.25, 0.3) is 0 Å². The minimum absolute atomic E-state index is 0.140. The minimum Gasteiger partial charge on any atom is -0.486 e. The van der Waals surface area contributed by atoms with Crippen molar-refractivity contribution in [2.75, 3.05) is 4.90 Å². The molecule has 2 aromatic rings. The molecule has 2 nitrogen and oxygen atoms in total. The summed E-state index contributed by atoms with van der Waals surface area (Å²) in [6.07, 6.45) is 1.99. The van der Waals surface area contributed by atoms with Gasteiger partial charge in [-0.2, -0.15) is 0 Å². The second-order valence-corrected chi connectivity index (χ2v) is 5.02. The van der Waals surface area contributed by atoms with Crippen molar-refractivity contribution in [2.24, 2.45) is 0 Å². The molecular weight excluding hydrogens is 266 g/mol. The van der Waals surface area contributed by atoms with Crippen molar-refractivity contribution in [1.29, 1.82) is 0 Å². The first-order valence-corrected chi connectivity index (χ1v) is 7.27. The highest BCUT2D eigenvalue weighted by atomic mass is 32.1. The fourth-order valence-corrected chi connectivity index (χ4v) is 2.34. The van der Waals surface area contributed by atoms with Gasteiger partial charge in [0.15, 0.2) is 0 Å². The van der Waals surface area contributed by atoms with Gasteiger partial charge in [0.25, 0.3) is 5.17 Å². The number of thiocarbonyl (C=S) groups is 1. The third kappa shape index (κ3) is 3.17. The van der Waals surface area contributed by atoms with E-state index in [1.165, 1.54) is 11.1 Å². The second kappa shape index (κ2) is 6.53. The van der Waals surface area contributed by atoms with Crippen LogP contribution >= 0.6 is 12.2 Å². The van der Waals surface area contributed by atoms with Gasteiger partial charge in [0.05, 0.1) is 0 Å². The number of nitrogens with zero attached hydrogens (tertiary/aromatic N) is 1. The van der Waals surface area contributed by atoms with E-state index < -0.39 is 0 Å². The molecule has 0 radical (unpaired) electrons. The standard InChI is InChI=1S/C17H19NOS/c1-3-13-5-9-15(10-6-13)18(17(19)20)16-11-7-14(4-2)8-12-16/h5-12H,3-4H2,1-2H3,(H,19,20). The molecule has 0 saturated carbocycles. The molecule has 0 atom stereocenters. The molecule has 2 aromatic carbocycles. The Balaban J connectivity index is 2.36. The Morgan fingerprint density at radius 3 is 1.45 bits per heavy atom. The molecule has 0 aliphatic heterocycles. The summed E-state index contributed by atoms with van der Waals surface area (Å²) in [5.74, 6) is 0. The molecule has 0 unspecified atom stereocenters. The van der Waals surface area contributed by atoms with Gasteiger partial charge < -0.3 is 5.11 Å². The summed E-state index contributed by atoms with van der Waals surface area (Å²) in [6.45, 7) is 4.24. The van der Waals surface area contributed by atoms with Crippen LogP contribution in [0.1, 0.15) is 25.0 Å². The van der Waals surface area contributed by atoms with Gasteiger partial charge in [0, 0.05) is 11.4 Å². The van der Waals surface area contributed by atoms with Gasteiger partial charge in [-0.15, -0.1) is 0 Å². The molecule has 20 heavy (non-hydrogen) atoms. The lowest BCUT2D eigenvalue weighted by Gasteiger charge is -2.22. The number of hydrogen-bond acceptors (Lipinski definition) is 1. The van der Waals surface area contributed by atoms with Crippen molar-refractivity contribution in [3.8, 4) is 0 Å². The molecule has 0 aliphatic rings. The topological polar surface area (TPSA) is 23.5 Å². The maximum atomic E-state index is 9.83. The maximum absolute atomic E-state index is 9.83. The number of aliphatic hydroxyl groups is 1. The van der Waals surface area contributed by atoms with Crippen LogP contribution in [0, 0.1) is 0 Å². The number of rotatable bonds is 4. The number of aryl methyl sites for hydroxylation is 2. The van der Waals surface area contributed by atoms with Crippen LogP contribution in [-0.2, 0) is 12.8 Å². The Hall–Kier alpha value is -1.87. The normalized spacial score (nSPS) is 10.3. The van der Waals surface area contributed by atoms with E-state index in [0.717, 1.165) is 24.2 Å². The average Bonchev–Trinajstić information content (AvgIpc) is 2.48. The van der Waals surface area contributed by atoms with Crippen LogP contribution in [0.15, 0.2) is 48.5 Å². The lowest BCUT2D eigenvalue weighted by molar-refractivity contribution is 0.557. The molecule has 0 bridgehead atoms. The SMILES string of the molecule is CCc1ccc(N(C(O)=S)c2ccc(CC)cc2)cc1. The zero-order valence-corrected chi connectivity index (χ0v) is 12.7. The van der Waals surface area contributed by atoms with Gasteiger partial charge in [0.2, 0.25) is 0 Å². The summed E-state index contributed by atoms with van der Waals surface area (Å²) < 4.78 is 0. The van der Waals surface area contributed by atoms with Crippen molar-refractivity contribution < 1.29 is 5.11 Å². The average molecular weight is 285 g/mol. The monoisotopic (exact) mass is 285 g/mol. The van der Waals surface area contributed by atoms with E-state index in [-0.39, 0.29) is 5.17 Å². The van der Waals surface area contributed by atoms with Crippen molar-refractivity contribution in [3.63, 3.8) is 0 Å². The molecule has 104 valence electrons. The van der Waals surface area contributed by atoms with Gasteiger partial charge in [-0.05, 0) is 60.5 Å². The highest BCUT2D eigenvalue weighted by molar-refractivity contribution is 7.80. The van der Waals surface area contributed by atoms with E-state index in [1.807, 2.05) is 24.3 Å². The summed E-state index contributed by atoms with van der Waals surface area (Å²) in [6, 6.07) is 16.2. The highest BCUT2D eigenvalue weighted by Gasteiger charge is 2.13. The van der Waals surface area contributed by atoms with E-state index in [9.17, 15) is 5.11 Å². The van der Waals surface area contributed by atoms with Gasteiger partial charge in [0.1, 0.15) is 0 Å². The number of benzene rings is 2. The summed E-state index contributed by atoms with van der Waals surface area (Å²) in [5, 5.41) is 9.69. The van der Waals surface area contributed by atoms with E-state index in [2.05, 4.69) is 38.1 Å². The van der Waals surface area contributed by atoms with E-state index in [0.29, 0.717) is 0 Å². The first-order chi connectivity index (χ1) is 9.65. The summed E-state index contributed by atoms with van der Waals surface area (Å²) in [4.78, 5) is 1.67. The summed E-state index contributed by atoms with van der Waals surface area (Å²) >= 11 is 4.98. The van der Waals surface area contributed by atoms with Crippen LogP contribution < -0.4 is 4.90 Å². The molecule has 0 aliphatic carbocycles. The quantitative estimate of drug-likeness (QED) is 0.817. The van der Waals surface area contributed by atoms with Crippen LogP contribution in [0.4, 0.5) is 11.4 Å². The largest absolute Gasteiger partial charge is 0.486 e. The Labute approximate surface area is 125 Å². The third-order valence-corrected chi connectivity index (χ3v) is 3.58. The first kappa shape index (κ1) is 14.5. The fourth-order valence-electron chi connectivity index (χ4n) is 2.13. The molecule has 2 rings (SSSR count). The lowest BCUT2D eigenvalue weighted by atomic mass is 10.1. The van der Waals surface area contributed by atoms with E-state index >= 15 is 0 Å². The summed E-state index contributed by atoms with van der Waals surface area (Å²) in [5.41, 5.74) is 4.27. The van der Waals surface area contributed by atoms with Gasteiger partial charge in [-0.1, -0.05) is 38.1 Å². The lowest BCUT2D eigenvalue weighted by Crippen LogP contribution is -2.23. The van der Waals surface area contributed by atoms with Crippen LogP contribution in [0.5, 0.6) is 0 Å². The number of aliphatic hydroxyl groups excluding tert-OH is 1. The Morgan fingerprint density at radius 1 is 0.850 bits per heavy atom. The fraction of sp³-hybridized carbons (Fsp3) is 0.235. The Kier molecular flexibility index (Phi) is 4.74. The van der Waals surface area contributed by atoms with Crippen LogP contribution in [0.2, 0.25) is 0 Å². The number of hydrogen-bond donors (Lipinski definition) is 1. The molecule has 0 heterocycles. The molecule has 0 saturated heterocycles. The van der Waals surface area contributed by atoms with E-state index in [4.69, 9.17) is 12.2 Å². The molecule has 0 fully saturated rings. The maximum Gasteiger partial charge on any atom is 0.266 e. The molecule has 0 amide bonds. The van der Waals surface area contributed by atoms with Gasteiger partial charge in [-0.3, -0.25) is 4.90 Å². The van der Waals surface area contributed by atoms with E-state index in [1.54, 1.807) is 4.90 Å². The molecule has 0 aromatic heterocycles. The predicted molar refractivity (Wildman–Crippen MR) is 89.0 cm³/mol.